The van der Waals surface area contributed by atoms with Crippen LogP contribution in [0.4, 0.5) is 0 Å². The molecule has 0 aromatic heterocycles. The fourth-order valence-corrected chi connectivity index (χ4v) is 5.50. The number of carbonyl (C=O) groups is 2. The lowest BCUT2D eigenvalue weighted by Gasteiger charge is -2.27. The molecule has 4 rings (SSSR count). The number of rotatable bonds is 8. The molecular formula is C25H24N2O4S. The van der Waals surface area contributed by atoms with Gasteiger partial charge in [-0.05, 0) is 22.8 Å². The van der Waals surface area contributed by atoms with E-state index in [1.165, 1.54) is 4.90 Å². The summed E-state index contributed by atoms with van der Waals surface area (Å²) in [6.07, 6.45) is 0. The highest BCUT2D eigenvalue weighted by Crippen LogP contribution is 2.25. The van der Waals surface area contributed by atoms with Crippen LogP contribution in [0.3, 0.4) is 0 Å². The second kappa shape index (κ2) is 9.36. The van der Waals surface area contributed by atoms with Crippen molar-refractivity contribution in [3.05, 3.63) is 107 Å². The average molecular weight is 449 g/mol. The molecule has 0 spiro atoms. The minimum absolute atomic E-state index is 0.189. The van der Waals surface area contributed by atoms with Gasteiger partial charge in [-0.25, -0.2) is 8.42 Å². The van der Waals surface area contributed by atoms with Gasteiger partial charge in [0.2, 0.25) is 5.91 Å². The molecule has 32 heavy (non-hydrogen) atoms. The number of hydrogen-bond donors (Lipinski definition) is 1. The summed E-state index contributed by atoms with van der Waals surface area (Å²) in [4.78, 5) is 27.5. The maximum Gasteiger partial charge on any atom is 0.255 e. The second-order valence-electron chi connectivity index (χ2n) is 7.85. The van der Waals surface area contributed by atoms with E-state index in [0.29, 0.717) is 11.1 Å². The summed E-state index contributed by atoms with van der Waals surface area (Å²) in [5.74, 6) is -1.44. The number of nitrogens with one attached hydrogen (secondary N) is 1. The fraction of sp³-hybridized carbons (Fsp3) is 0.200. The quantitative estimate of drug-likeness (QED) is 0.574. The summed E-state index contributed by atoms with van der Waals surface area (Å²) in [6, 6.07) is 24.2. The van der Waals surface area contributed by atoms with Crippen molar-refractivity contribution in [2.75, 3.05) is 5.75 Å². The lowest BCUT2D eigenvalue weighted by Crippen LogP contribution is -2.50. The van der Waals surface area contributed by atoms with Gasteiger partial charge >= 0.3 is 0 Å². The number of nitrogens with zero attached hydrogens (tertiary/aromatic N) is 1. The number of fused-ring (bicyclic) bond motifs is 1. The minimum atomic E-state index is -3.66. The summed E-state index contributed by atoms with van der Waals surface area (Å²) in [7, 11) is -3.66. The van der Waals surface area contributed by atoms with E-state index in [1.807, 2.05) is 48.5 Å². The largest absolute Gasteiger partial charge is 0.350 e. The Morgan fingerprint density at radius 2 is 1.47 bits per heavy atom. The number of benzene rings is 3. The van der Waals surface area contributed by atoms with Crippen LogP contribution in [-0.2, 0) is 33.5 Å². The topological polar surface area (TPSA) is 83.6 Å². The first kappa shape index (κ1) is 21.8. The smallest absolute Gasteiger partial charge is 0.255 e. The number of hydrogen-bond acceptors (Lipinski definition) is 4. The van der Waals surface area contributed by atoms with E-state index in [2.05, 4.69) is 5.32 Å². The van der Waals surface area contributed by atoms with Crippen molar-refractivity contribution in [3.8, 4) is 0 Å². The van der Waals surface area contributed by atoms with Crippen molar-refractivity contribution in [2.24, 2.45) is 0 Å². The molecule has 1 atom stereocenters. The molecule has 0 bridgehead atoms. The first-order chi connectivity index (χ1) is 15.4. The Hall–Kier alpha value is -3.45. The maximum atomic E-state index is 13.2. The van der Waals surface area contributed by atoms with Gasteiger partial charge in [-0.2, -0.15) is 0 Å². The van der Waals surface area contributed by atoms with Crippen molar-refractivity contribution < 1.29 is 18.0 Å². The molecule has 0 saturated carbocycles. The van der Waals surface area contributed by atoms with Crippen molar-refractivity contribution in [1.82, 2.24) is 10.2 Å². The van der Waals surface area contributed by atoms with Gasteiger partial charge in [-0.3, -0.25) is 9.59 Å². The molecular weight excluding hydrogens is 424 g/mol. The molecule has 0 saturated heterocycles. The molecule has 6 nitrogen and oxygen atoms in total. The zero-order valence-electron chi connectivity index (χ0n) is 17.5. The van der Waals surface area contributed by atoms with Gasteiger partial charge in [0.15, 0.2) is 9.84 Å². The van der Waals surface area contributed by atoms with Crippen LogP contribution in [0.1, 0.15) is 27.0 Å². The first-order valence-corrected chi connectivity index (χ1v) is 12.2. The van der Waals surface area contributed by atoms with Gasteiger partial charge in [-0.15, -0.1) is 0 Å². The molecule has 3 aromatic rings. The molecule has 164 valence electrons. The summed E-state index contributed by atoms with van der Waals surface area (Å²) in [5.41, 5.74) is 2.84. The maximum absolute atomic E-state index is 13.2. The van der Waals surface area contributed by atoms with Crippen LogP contribution in [0, 0.1) is 0 Å². The van der Waals surface area contributed by atoms with Crippen LogP contribution in [-0.4, -0.2) is 36.9 Å². The Balaban J connectivity index is 1.56. The van der Waals surface area contributed by atoms with Crippen molar-refractivity contribution in [1.29, 1.82) is 0 Å². The average Bonchev–Trinajstić information content (AvgIpc) is 3.13. The highest BCUT2D eigenvalue weighted by atomic mass is 32.2. The third-order valence-electron chi connectivity index (χ3n) is 5.48. The zero-order chi connectivity index (χ0) is 22.6. The van der Waals surface area contributed by atoms with Crippen molar-refractivity contribution in [3.63, 3.8) is 0 Å². The molecule has 0 aliphatic carbocycles. The van der Waals surface area contributed by atoms with Gasteiger partial charge < -0.3 is 10.2 Å². The predicted octanol–water partition coefficient (Wildman–Crippen LogP) is 2.94. The standard InChI is InChI=1S/C25H24N2O4S/c28-24(26-15-19-9-3-1-4-10-19)23(18-32(30,31)17-20-11-5-2-6-12-20)27-16-21-13-7-8-14-22(21)25(27)29/h1-14,23H,15-18H2,(H,26,28). The van der Waals surface area contributed by atoms with E-state index < -0.39 is 27.5 Å². The van der Waals surface area contributed by atoms with Gasteiger partial charge in [0, 0.05) is 18.7 Å². The normalized spacial score (nSPS) is 14.1. The SMILES string of the molecule is O=C(NCc1ccccc1)C(CS(=O)(=O)Cc1ccccc1)N1Cc2ccccc2C1=O. The molecule has 1 aliphatic rings. The Morgan fingerprint density at radius 1 is 0.875 bits per heavy atom. The zero-order valence-corrected chi connectivity index (χ0v) is 18.3. The fourth-order valence-electron chi connectivity index (χ4n) is 3.87. The number of carbonyl (C=O) groups excluding carboxylic acids is 2. The monoisotopic (exact) mass is 448 g/mol. The van der Waals surface area contributed by atoms with Crippen LogP contribution in [0.5, 0.6) is 0 Å². The van der Waals surface area contributed by atoms with E-state index >= 15 is 0 Å². The molecule has 1 unspecified atom stereocenters. The number of sulfone groups is 1. The lowest BCUT2D eigenvalue weighted by atomic mass is 10.1. The third kappa shape index (κ3) is 5.06. The highest BCUT2D eigenvalue weighted by molar-refractivity contribution is 7.90. The van der Waals surface area contributed by atoms with Gasteiger partial charge in [0.1, 0.15) is 6.04 Å². The lowest BCUT2D eigenvalue weighted by molar-refractivity contribution is -0.125. The van der Waals surface area contributed by atoms with E-state index in [0.717, 1.165) is 11.1 Å². The van der Waals surface area contributed by atoms with Gasteiger partial charge in [0.25, 0.3) is 5.91 Å². The molecule has 1 heterocycles. The Labute approximate surface area is 187 Å². The van der Waals surface area contributed by atoms with E-state index in [4.69, 9.17) is 0 Å². The molecule has 1 aliphatic heterocycles. The van der Waals surface area contributed by atoms with Crippen LogP contribution in [0.15, 0.2) is 84.9 Å². The predicted molar refractivity (Wildman–Crippen MR) is 122 cm³/mol. The summed E-state index contributed by atoms with van der Waals surface area (Å²) in [6.45, 7) is 0.461. The molecule has 0 radical (unpaired) electrons. The van der Waals surface area contributed by atoms with Crippen LogP contribution in [0.25, 0.3) is 0 Å². The van der Waals surface area contributed by atoms with Crippen LogP contribution >= 0.6 is 0 Å². The van der Waals surface area contributed by atoms with Crippen LogP contribution in [0.2, 0.25) is 0 Å². The van der Waals surface area contributed by atoms with E-state index in [9.17, 15) is 18.0 Å². The Morgan fingerprint density at radius 3 is 2.12 bits per heavy atom. The molecule has 7 heteroatoms. The Kier molecular flexibility index (Phi) is 6.37. The summed E-state index contributed by atoms with van der Waals surface area (Å²) in [5, 5.41) is 2.81. The van der Waals surface area contributed by atoms with E-state index in [1.54, 1.807) is 36.4 Å². The molecule has 0 fully saturated rings. The van der Waals surface area contributed by atoms with Crippen molar-refractivity contribution in [2.45, 2.75) is 24.9 Å². The van der Waals surface area contributed by atoms with Crippen molar-refractivity contribution >= 4 is 21.7 Å². The van der Waals surface area contributed by atoms with E-state index in [-0.39, 0.29) is 24.7 Å². The minimum Gasteiger partial charge on any atom is -0.350 e. The molecule has 1 N–H and O–H groups in total. The van der Waals surface area contributed by atoms with Gasteiger partial charge in [-0.1, -0.05) is 78.9 Å². The number of amides is 2. The second-order valence-corrected chi connectivity index (χ2v) is 9.96. The summed E-state index contributed by atoms with van der Waals surface area (Å²) >= 11 is 0. The molecule has 2 amide bonds. The third-order valence-corrected chi connectivity index (χ3v) is 7.08. The molecule has 3 aromatic carbocycles. The highest BCUT2D eigenvalue weighted by Gasteiger charge is 2.38. The Bertz CT molecular complexity index is 1210. The summed E-state index contributed by atoms with van der Waals surface area (Å²) < 4.78 is 26.0. The first-order valence-electron chi connectivity index (χ1n) is 10.4. The van der Waals surface area contributed by atoms with Gasteiger partial charge in [0.05, 0.1) is 11.5 Å². The van der Waals surface area contributed by atoms with Crippen LogP contribution < -0.4 is 5.32 Å².